The van der Waals surface area contributed by atoms with Gasteiger partial charge in [0.1, 0.15) is 0 Å². The minimum absolute atomic E-state index is 0.0972. The third-order valence-electron chi connectivity index (χ3n) is 2.60. The van der Waals surface area contributed by atoms with E-state index >= 15 is 0 Å². The summed E-state index contributed by atoms with van der Waals surface area (Å²) in [7, 11) is 0. The van der Waals surface area contributed by atoms with Crippen molar-refractivity contribution in [3.05, 3.63) is 0 Å². The van der Waals surface area contributed by atoms with E-state index in [0.717, 1.165) is 32.1 Å². The van der Waals surface area contributed by atoms with Crippen LogP contribution in [0.3, 0.4) is 0 Å². The molecule has 1 unspecified atom stereocenters. The summed E-state index contributed by atoms with van der Waals surface area (Å²) in [6.07, 6.45) is 8.21. The van der Waals surface area contributed by atoms with Crippen LogP contribution >= 0.6 is 0 Å². The fourth-order valence-corrected chi connectivity index (χ4v) is 1.41. The number of aliphatic hydroxyl groups is 2. The number of rotatable bonds is 10. The van der Waals surface area contributed by atoms with Gasteiger partial charge in [0, 0.05) is 6.42 Å². The zero-order valence-electron chi connectivity index (χ0n) is 11.9. The first kappa shape index (κ1) is 19.7. The lowest BCUT2D eigenvalue weighted by Gasteiger charge is -2.02. The smallest absolute Gasteiger partial charge is 0.303 e. The van der Waals surface area contributed by atoms with E-state index < -0.39 is 12.1 Å². The zero-order chi connectivity index (χ0) is 14.2. The van der Waals surface area contributed by atoms with Gasteiger partial charge in [0.25, 0.3) is 0 Å². The molecule has 0 rings (SSSR count). The lowest BCUT2D eigenvalue weighted by atomic mass is 10.1. The number of carbonyl (C=O) groups is 1. The van der Waals surface area contributed by atoms with Crippen LogP contribution < -0.4 is 0 Å². The Morgan fingerprint density at radius 2 is 1.56 bits per heavy atom. The lowest BCUT2D eigenvalue weighted by molar-refractivity contribution is -0.137. The highest BCUT2D eigenvalue weighted by molar-refractivity contribution is 5.66. The molecule has 1 atom stereocenters. The monoisotopic (exact) mass is 262 g/mol. The number of hydrogen-bond acceptors (Lipinski definition) is 3. The van der Waals surface area contributed by atoms with Gasteiger partial charge < -0.3 is 15.3 Å². The largest absolute Gasteiger partial charge is 0.481 e. The van der Waals surface area contributed by atoms with E-state index in [9.17, 15) is 4.79 Å². The van der Waals surface area contributed by atoms with Gasteiger partial charge in [0.05, 0.1) is 12.7 Å². The standard InChI is InChI=1S/C8H16O2.C6H14O2/c1-2-3-4-5-6-7-8(9)10;1-2-3-4-6(8)5-7/h2-7H2,1H3,(H,9,10);6-8H,2-5H2,1H3. The van der Waals surface area contributed by atoms with Crippen LogP contribution in [0.15, 0.2) is 0 Å². The molecular formula is C14H30O4. The van der Waals surface area contributed by atoms with Crippen LogP contribution in [0.5, 0.6) is 0 Å². The molecule has 4 heteroatoms. The summed E-state index contributed by atoms with van der Waals surface area (Å²) >= 11 is 0. The molecule has 4 nitrogen and oxygen atoms in total. The van der Waals surface area contributed by atoms with Gasteiger partial charge in [-0.3, -0.25) is 4.79 Å². The summed E-state index contributed by atoms with van der Waals surface area (Å²) in [4.78, 5) is 10.0. The highest BCUT2D eigenvalue weighted by atomic mass is 16.4. The molecule has 0 aromatic heterocycles. The fraction of sp³-hybridized carbons (Fsp3) is 0.929. The first-order valence-electron chi connectivity index (χ1n) is 7.09. The maximum atomic E-state index is 10.0. The van der Waals surface area contributed by atoms with E-state index in [-0.39, 0.29) is 6.61 Å². The average Bonchev–Trinajstić information content (AvgIpc) is 2.36. The van der Waals surface area contributed by atoms with E-state index in [1.807, 2.05) is 0 Å². The quantitative estimate of drug-likeness (QED) is 0.529. The highest BCUT2D eigenvalue weighted by Crippen LogP contribution is 2.04. The molecule has 0 aliphatic carbocycles. The van der Waals surface area contributed by atoms with Crippen molar-refractivity contribution < 1.29 is 20.1 Å². The second kappa shape index (κ2) is 16.4. The lowest BCUT2D eigenvalue weighted by Crippen LogP contribution is -2.10. The number of aliphatic hydroxyl groups excluding tert-OH is 2. The van der Waals surface area contributed by atoms with Crippen LogP contribution in [0.4, 0.5) is 0 Å². The van der Waals surface area contributed by atoms with Crippen molar-refractivity contribution in [2.45, 2.75) is 77.7 Å². The number of unbranched alkanes of at least 4 members (excludes halogenated alkanes) is 5. The maximum absolute atomic E-state index is 10.0. The van der Waals surface area contributed by atoms with Gasteiger partial charge in [-0.05, 0) is 12.8 Å². The van der Waals surface area contributed by atoms with Crippen molar-refractivity contribution in [2.75, 3.05) is 6.61 Å². The van der Waals surface area contributed by atoms with E-state index in [4.69, 9.17) is 15.3 Å². The van der Waals surface area contributed by atoms with Gasteiger partial charge in [-0.1, -0.05) is 52.4 Å². The molecule has 0 saturated carbocycles. The number of hydrogen-bond donors (Lipinski definition) is 3. The Kier molecular flexibility index (Phi) is 18.0. The van der Waals surface area contributed by atoms with Gasteiger partial charge in [-0.25, -0.2) is 0 Å². The average molecular weight is 262 g/mol. The van der Waals surface area contributed by atoms with E-state index in [1.54, 1.807) is 0 Å². The summed E-state index contributed by atoms with van der Waals surface area (Å²) in [5.41, 5.74) is 0. The van der Waals surface area contributed by atoms with Crippen molar-refractivity contribution in [2.24, 2.45) is 0 Å². The van der Waals surface area contributed by atoms with Crippen LogP contribution in [-0.4, -0.2) is 34.0 Å². The van der Waals surface area contributed by atoms with Gasteiger partial charge in [-0.2, -0.15) is 0 Å². The predicted molar refractivity (Wildman–Crippen MR) is 73.6 cm³/mol. The fourth-order valence-electron chi connectivity index (χ4n) is 1.41. The predicted octanol–water partition coefficient (Wildman–Crippen LogP) is 2.96. The molecule has 3 N–H and O–H groups in total. The van der Waals surface area contributed by atoms with Crippen molar-refractivity contribution in [1.82, 2.24) is 0 Å². The second-order valence-corrected chi connectivity index (χ2v) is 4.54. The van der Waals surface area contributed by atoms with Crippen LogP contribution in [0.2, 0.25) is 0 Å². The van der Waals surface area contributed by atoms with Crippen LogP contribution in [0, 0.1) is 0 Å². The molecule has 0 aliphatic heterocycles. The molecule has 0 amide bonds. The third kappa shape index (κ3) is 20.8. The van der Waals surface area contributed by atoms with E-state index in [0.29, 0.717) is 6.42 Å². The number of aliphatic carboxylic acids is 1. The zero-order valence-corrected chi connectivity index (χ0v) is 11.9. The SMILES string of the molecule is CCCCC(O)CO.CCCCCCCC(=O)O. The van der Waals surface area contributed by atoms with E-state index in [2.05, 4.69) is 13.8 Å². The van der Waals surface area contributed by atoms with Crippen LogP contribution in [0.25, 0.3) is 0 Å². The summed E-state index contributed by atoms with van der Waals surface area (Å²) in [5, 5.41) is 25.3. The molecule has 0 aromatic carbocycles. The summed E-state index contributed by atoms with van der Waals surface area (Å²) in [5.74, 6) is -0.670. The first-order chi connectivity index (χ1) is 8.58. The molecular weight excluding hydrogens is 232 g/mol. The minimum atomic E-state index is -0.670. The molecule has 0 aromatic rings. The molecule has 0 fully saturated rings. The Bertz CT molecular complexity index is 171. The van der Waals surface area contributed by atoms with Crippen molar-refractivity contribution >= 4 is 5.97 Å². The van der Waals surface area contributed by atoms with Gasteiger partial charge in [0.2, 0.25) is 0 Å². The summed E-state index contributed by atoms with van der Waals surface area (Å²) in [6, 6.07) is 0. The molecule has 0 saturated heterocycles. The Hall–Kier alpha value is -0.610. The van der Waals surface area contributed by atoms with Gasteiger partial charge in [-0.15, -0.1) is 0 Å². The van der Waals surface area contributed by atoms with Gasteiger partial charge in [0.15, 0.2) is 0 Å². The summed E-state index contributed by atoms with van der Waals surface area (Å²) < 4.78 is 0. The minimum Gasteiger partial charge on any atom is -0.481 e. The highest BCUT2D eigenvalue weighted by Gasteiger charge is 1.97. The Labute approximate surface area is 111 Å². The topological polar surface area (TPSA) is 77.8 Å². The summed E-state index contributed by atoms with van der Waals surface area (Å²) in [6.45, 7) is 4.11. The molecule has 0 bridgehead atoms. The maximum Gasteiger partial charge on any atom is 0.303 e. The number of carboxylic acid groups (broad SMARTS) is 1. The first-order valence-corrected chi connectivity index (χ1v) is 7.09. The third-order valence-corrected chi connectivity index (χ3v) is 2.60. The van der Waals surface area contributed by atoms with Crippen molar-refractivity contribution in [1.29, 1.82) is 0 Å². The molecule has 0 heterocycles. The molecule has 110 valence electrons. The van der Waals surface area contributed by atoms with E-state index in [1.165, 1.54) is 19.3 Å². The molecule has 0 aliphatic rings. The number of carboxylic acids is 1. The molecule has 0 spiro atoms. The Morgan fingerprint density at radius 3 is 2.00 bits per heavy atom. The molecule has 18 heavy (non-hydrogen) atoms. The Morgan fingerprint density at radius 1 is 1.00 bits per heavy atom. The second-order valence-electron chi connectivity index (χ2n) is 4.54. The Balaban J connectivity index is 0. The van der Waals surface area contributed by atoms with Gasteiger partial charge >= 0.3 is 5.97 Å². The van der Waals surface area contributed by atoms with Crippen LogP contribution in [-0.2, 0) is 4.79 Å². The van der Waals surface area contributed by atoms with Crippen molar-refractivity contribution in [3.8, 4) is 0 Å². The van der Waals surface area contributed by atoms with Crippen LogP contribution in [0.1, 0.15) is 71.6 Å². The van der Waals surface area contributed by atoms with Crippen molar-refractivity contribution in [3.63, 3.8) is 0 Å². The molecule has 0 radical (unpaired) electrons. The normalized spacial score (nSPS) is 11.6.